The van der Waals surface area contributed by atoms with Gasteiger partial charge < -0.3 is 10.1 Å². The lowest BCUT2D eigenvalue weighted by molar-refractivity contribution is -0.147. The van der Waals surface area contributed by atoms with E-state index in [-0.39, 0.29) is 12.6 Å². The van der Waals surface area contributed by atoms with Gasteiger partial charge in [0, 0.05) is 6.42 Å². The first-order valence-corrected chi connectivity index (χ1v) is 8.71. The summed E-state index contributed by atoms with van der Waals surface area (Å²) in [6.45, 7) is -0.328. The van der Waals surface area contributed by atoms with Gasteiger partial charge in [-0.25, -0.2) is 0 Å². The van der Waals surface area contributed by atoms with Gasteiger partial charge in [-0.2, -0.15) is 0 Å². The van der Waals surface area contributed by atoms with Crippen molar-refractivity contribution in [3.8, 4) is 0 Å². The van der Waals surface area contributed by atoms with E-state index < -0.39 is 5.91 Å². The van der Waals surface area contributed by atoms with Crippen LogP contribution < -0.4 is 5.32 Å². The highest BCUT2D eigenvalue weighted by Gasteiger charge is 2.16. The summed E-state index contributed by atoms with van der Waals surface area (Å²) in [6, 6.07) is 4.93. The van der Waals surface area contributed by atoms with E-state index in [1.165, 1.54) is 32.1 Å². The molecule has 6 heteroatoms. The molecule has 1 N–H and O–H groups in total. The van der Waals surface area contributed by atoms with Crippen LogP contribution in [0.1, 0.15) is 44.9 Å². The minimum absolute atomic E-state index is 0.328. The van der Waals surface area contributed by atoms with E-state index in [1.807, 2.05) is 0 Å². The number of hydrogen-bond acceptors (Lipinski definition) is 3. The molecule has 1 aromatic carbocycles. The summed E-state index contributed by atoms with van der Waals surface area (Å²) >= 11 is 11.9. The molecule has 0 heterocycles. The third kappa shape index (κ3) is 6.04. The van der Waals surface area contributed by atoms with Gasteiger partial charge >= 0.3 is 5.97 Å². The maximum Gasteiger partial charge on any atom is 0.306 e. The molecule has 1 amide bonds. The summed E-state index contributed by atoms with van der Waals surface area (Å²) < 4.78 is 5.01. The summed E-state index contributed by atoms with van der Waals surface area (Å²) in [7, 11) is 0. The molecule has 23 heavy (non-hydrogen) atoms. The number of para-hydroxylation sites is 1. The molecule has 1 fully saturated rings. The molecule has 0 aliphatic heterocycles. The number of carbonyl (C=O) groups is 2. The highest BCUT2D eigenvalue weighted by molar-refractivity contribution is 6.39. The van der Waals surface area contributed by atoms with Crippen LogP contribution in [0.25, 0.3) is 0 Å². The lowest BCUT2D eigenvalue weighted by Gasteiger charge is -2.20. The average molecular weight is 358 g/mol. The van der Waals surface area contributed by atoms with E-state index in [1.54, 1.807) is 18.2 Å². The second-order valence-corrected chi connectivity index (χ2v) is 6.66. The van der Waals surface area contributed by atoms with Crippen LogP contribution in [-0.4, -0.2) is 18.5 Å². The lowest BCUT2D eigenvalue weighted by atomic mass is 9.86. The second-order valence-electron chi connectivity index (χ2n) is 5.85. The Kier molecular flexibility index (Phi) is 7.18. The van der Waals surface area contributed by atoms with Crippen LogP contribution in [0.4, 0.5) is 5.69 Å². The number of anilines is 1. The molecule has 4 nitrogen and oxygen atoms in total. The number of amides is 1. The first-order chi connectivity index (χ1) is 11.1. The largest absolute Gasteiger partial charge is 0.456 e. The Bertz CT molecular complexity index is 537. The zero-order chi connectivity index (χ0) is 16.7. The number of benzene rings is 1. The van der Waals surface area contributed by atoms with Crippen LogP contribution in [0.5, 0.6) is 0 Å². The number of rotatable bonds is 6. The zero-order valence-electron chi connectivity index (χ0n) is 12.9. The Labute approximate surface area is 146 Å². The van der Waals surface area contributed by atoms with Crippen LogP contribution in [-0.2, 0) is 14.3 Å². The predicted molar refractivity (Wildman–Crippen MR) is 91.9 cm³/mol. The van der Waals surface area contributed by atoms with Gasteiger partial charge in [0.25, 0.3) is 5.91 Å². The smallest absolute Gasteiger partial charge is 0.306 e. The van der Waals surface area contributed by atoms with Crippen molar-refractivity contribution in [2.24, 2.45) is 5.92 Å². The second kappa shape index (κ2) is 9.14. The Morgan fingerprint density at radius 2 is 1.78 bits per heavy atom. The zero-order valence-corrected chi connectivity index (χ0v) is 14.5. The molecule has 0 radical (unpaired) electrons. The molecule has 1 saturated carbocycles. The minimum Gasteiger partial charge on any atom is -0.456 e. The van der Waals surface area contributed by atoms with E-state index >= 15 is 0 Å². The molecule has 0 bridgehead atoms. The van der Waals surface area contributed by atoms with Crippen LogP contribution in [0.2, 0.25) is 10.0 Å². The molecule has 0 unspecified atom stereocenters. The number of halogens is 2. The highest BCUT2D eigenvalue weighted by Crippen LogP contribution is 2.30. The van der Waals surface area contributed by atoms with Gasteiger partial charge in [0.15, 0.2) is 6.61 Å². The van der Waals surface area contributed by atoms with Crippen LogP contribution in [0.3, 0.4) is 0 Å². The normalized spacial score (nSPS) is 15.2. The number of carbonyl (C=O) groups excluding carboxylic acids is 2. The van der Waals surface area contributed by atoms with Gasteiger partial charge in [0.1, 0.15) is 0 Å². The van der Waals surface area contributed by atoms with Crippen molar-refractivity contribution in [2.45, 2.75) is 44.9 Å². The molecular weight excluding hydrogens is 337 g/mol. The monoisotopic (exact) mass is 357 g/mol. The summed E-state index contributed by atoms with van der Waals surface area (Å²) in [5.41, 5.74) is 0.332. The van der Waals surface area contributed by atoms with Crippen molar-refractivity contribution < 1.29 is 14.3 Å². The summed E-state index contributed by atoms with van der Waals surface area (Å²) in [5.74, 6) is -0.172. The Morgan fingerprint density at radius 1 is 1.13 bits per heavy atom. The van der Waals surface area contributed by atoms with Crippen molar-refractivity contribution >= 4 is 40.8 Å². The van der Waals surface area contributed by atoms with Gasteiger partial charge in [-0.3, -0.25) is 9.59 Å². The topological polar surface area (TPSA) is 55.4 Å². The average Bonchev–Trinajstić information content (AvgIpc) is 2.55. The molecule has 0 spiro atoms. The van der Waals surface area contributed by atoms with Gasteiger partial charge in [0.2, 0.25) is 0 Å². The first-order valence-electron chi connectivity index (χ1n) is 7.95. The van der Waals surface area contributed by atoms with Crippen molar-refractivity contribution in [1.82, 2.24) is 0 Å². The Hall–Kier alpha value is -1.26. The van der Waals surface area contributed by atoms with E-state index in [2.05, 4.69) is 5.32 Å². The predicted octanol–water partition coefficient (Wildman–Crippen LogP) is 4.84. The number of hydrogen-bond donors (Lipinski definition) is 1. The van der Waals surface area contributed by atoms with Gasteiger partial charge in [-0.05, 0) is 24.5 Å². The van der Waals surface area contributed by atoms with Crippen molar-refractivity contribution in [3.05, 3.63) is 28.2 Å². The standard InChI is InChI=1S/C17H21Cl2NO3/c18-13-7-4-8-14(19)17(13)20-15(21)11-23-16(22)10-9-12-5-2-1-3-6-12/h4,7-8,12H,1-3,5-6,9-11H2,(H,20,21). The summed E-state index contributed by atoms with van der Waals surface area (Å²) in [4.78, 5) is 23.5. The number of ether oxygens (including phenoxy) is 1. The molecule has 1 aliphatic carbocycles. The Balaban J connectivity index is 1.70. The molecular formula is C17H21Cl2NO3. The molecule has 1 aliphatic rings. The van der Waals surface area contributed by atoms with E-state index in [0.717, 1.165) is 6.42 Å². The quantitative estimate of drug-likeness (QED) is 0.741. The van der Waals surface area contributed by atoms with Crippen LogP contribution in [0, 0.1) is 5.92 Å². The van der Waals surface area contributed by atoms with Gasteiger partial charge in [-0.1, -0.05) is 61.4 Å². The van der Waals surface area contributed by atoms with Gasteiger partial charge in [0.05, 0.1) is 15.7 Å². The lowest BCUT2D eigenvalue weighted by Crippen LogP contribution is -2.21. The third-order valence-corrected chi connectivity index (χ3v) is 4.70. The third-order valence-electron chi connectivity index (χ3n) is 4.07. The highest BCUT2D eigenvalue weighted by atomic mass is 35.5. The van der Waals surface area contributed by atoms with E-state index in [0.29, 0.717) is 28.1 Å². The molecule has 2 rings (SSSR count). The molecule has 126 valence electrons. The van der Waals surface area contributed by atoms with Crippen molar-refractivity contribution in [3.63, 3.8) is 0 Å². The van der Waals surface area contributed by atoms with E-state index in [9.17, 15) is 9.59 Å². The maximum atomic E-state index is 11.8. The van der Waals surface area contributed by atoms with Crippen molar-refractivity contribution in [2.75, 3.05) is 11.9 Å². The fourth-order valence-corrected chi connectivity index (χ4v) is 3.30. The molecule has 0 atom stereocenters. The van der Waals surface area contributed by atoms with Gasteiger partial charge in [-0.15, -0.1) is 0 Å². The molecule has 0 aromatic heterocycles. The number of esters is 1. The molecule has 1 aromatic rings. The SMILES string of the molecule is O=C(COC(=O)CCC1CCCCC1)Nc1c(Cl)cccc1Cl. The Morgan fingerprint density at radius 3 is 2.43 bits per heavy atom. The molecule has 0 saturated heterocycles. The van der Waals surface area contributed by atoms with E-state index in [4.69, 9.17) is 27.9 Å². The first kappa shape index (κ1) is 18.1. The fraction of sp³-hybridized carbons (Fsp3) is 0.529. The van der Waals surface area contributed by atoms with Crippen LogP contribution >= 0.6 is 23.2 Å². The summed E-state index contributed by atoms with van der Waals surface area (Å²) in [6.07, 6.45) is 7.40. The number of nitrogens with one attached hydrogen (secondary N) is 1. The van der Waals surface area contributed by atoms with Crippen LogP contribution in [0.15, 0.2) is 18.2 Å². The van der Waals surface area contributed by atoms with Crippen molar-refractivity contribution in [1.29, 1.82) is 0 Å². The maximum absolute atomic E-state index is 11.8. The minimum atomic E-state index is -0.453. The fourth-order valence-electron chi connectivity index (χ4n) is 2.81. The summed E-state index contributed by atoms with van der Waals surface area (Å²) in [5, 5.41) is 3.24.